The summed E-state index contributed by atoms with van der Waals surface area (Å²) in [5.41, 5.74) is 4.85. The van der Waals surface area contributed by atoms with Crippen molar-refractivity contribution in [1.29, 1.82) is 0 Å². The van der Waals surface area contributed by atoms with Crippen molar-refractivity contribution < 1.29 is 17.1 Å². The Bertz CT molecular complexity index is 488. The summed E-state index contributed by atoms with van der Waals surface area (Å²) in [6, 6.07) is 6.84. The van der Waals surface area contributed by atoms with Crippen LogP contribution >= 0.6 is 0 Å². The Morgan fingerprint density at radius 3 is 1.73 bits per heavy atom. The third-order valence-corrected chi connectivity index (χ3v) is 4.60. The Labute approximate surface area is 148 Å². The fraction of sp³-hybridized carbons (Fsp3) is 0.650. The predicted molar refractivity (Wildman–Crippen MR) is 93.9 cm³/mol. The Morgan fingerprint density at radius 1 is 0.955 bits per heavy atom. The summed E-state index contributed by atoms with van der Waals surface area (Å²) >= 11 is 0. The van der Waals surface area contributed by atoms with Crippen molar-refractivity contribution in [2.45, 2.75) is 79.2 Å². The first-order valence-electron chi connectivity index (χ1n) is 8.33. The summed E-state index contributed by atoms with van der Waals surface area (Å²) in [6.07, 6.45) is 1.20. The molecule has 22 heavy (non-hydrogen) atoms. The Morgan fingerprint density at radius 2 is 1.41 bits per heavy atom. The minimum Gasteiger partial charge on any atom is -0.517 e. The molecule has 0 bridgehead atoms. The van der Waals surface area contributed by atoms with E-state index in [1.54, 1.807) is 0 Å². The summed E-state index contributed by atoms with van der Waals surface area (Å²) < 4.78 is 0. The fourth-order valence-corrected chi connectivity index (χ4v) is 3.93. The summed E-state index contributed by atoms with van der Waals surface area (Å²) in [4.78, 5) is 2.57. The van der Waals surface area contributed by atoms with Gasteiger partial charge in [-0.05, 0) is 36.8 Å². The minimum atomic E-state index is 0. The molecule has 0 radical (unpaired) electrons. The van der Waals surface area contributed by atoms with Crippen molar-refractivity contribution in [2.75, 3.05) is 4.90 Å². The van der Waals surface area contributed by atoms with Gasteiger partial charge in [0.15, 0.2) is 0 Å². The largest absolute Gasteiger partial charge is 0.517 e. The zero-order valence-corrected chi connectivity index (χ0v) is 16.6. The van der Waals surface area contributed by atoms with Gasteiger partial charge < -0.3 is 4.90 Å². The van der Waals surface area contributed by atoms with Crippen molar-refractivity contribution in [3.8, 4) is 0 Å². The maximum atomic E-state index is 2.57. The number of para-hydroxylation sites is 1. The summed E-state index contributed by atoms with van der Waals surface area (Å²) in [5.74, 6) is 1.10. The van der Waals surface area contributed by atoms with Gasteiger partial charge in [-0.25, -0.2) is 6.54 Å². The Balaban J connectivity index is 0.00000242. The molecule has 2 heteroatoms. The van der Waals surface area contributed by atoms with Gasteiger partial charge in [0.2, 0.25) is 0 Å². The van der Waals surface area contributed by atoms with E-state index < -0.39 is 0 Å². The molecule has 1 aromatic carbocycles. The van der Waals surface area contributed by atoms with E-state index in [1.165, 1.54) is 23.2 Å². The number of anilines is 1. The monoisotopic (exact) mass is 342 g/mol. The normalized spacial score (nSPS) is 19.6. The third kappa shape index (κ3) is 3.71. The fourth-order valence-electron chi connectivity index (χ4n) is 3.93. The molecular weight excluding hydrogens is 310 g/mol. The zero-order chi connectivity index (χ0) is 16.0. The molecule has 0 aromatic heterocycles. The molecular formula is C20H32FeN-. The number of benzene rings is 1. The number of hydrogen-bond donors (Lipinski definition) is 0. The molecule has 1 heterocycles. The molecule has 1 fully saturated rings. The van der Waals surface area contributed by atoms with E-state index in [-0.39, 0.29) is 28.0 Å². The molecule has 0 amide bonds. The van der Waals surface area contributed by atoms with Crippen LogP contribution in [0.15, 0.2) is 18.2 Å². The van der Waals surface area contributed by atoms with Gasteiger partial charge in [0.1, 0.15) is 0 Å². The van der Waals surface area contributed by atoms with Gasteiger partial charge in [-0.1, -0.05) is 66.2 Å². The Hall–Kier alpha value is -0.461. The van der Waals surface area contributed by atoms with Crippen LogP contribution in [0.4, 0.5) is 5.69 Å². The van der Waals surface area contributed by atoms with Crippen LogP contribution in [0.5, 0.6) is 0 Å². The average Bonchev–Trinajstić information content (AvgIpc) is 2.55. The van der Waals surface area contributed by atoms with Crippen molar-refractivity contribution in [2.24, 2.45) is 5.41 Å². The topological polar surface area (TPSA) is 3.24 Å². The van der Waals surface area contributed by atoms with Gasteiger partial charge in [0.05, 0.1) is 0 Å². The molecule has 1 saturated heterocycles. The van der Waals surface area contributed by atoms with Crippen LogP contribution in [0, 0.1) is 12.0 Å². The van der Waals surface area contributed by atoms with Crippen LogP contribution in [0.2, 0.25) is 0 Å². The van der Waals surface area contributed by atoms with Gasteiger partial charge in [0, 0.05) is 28.3 Å². The first-order valence-corrected chi connectivity index (χ1v) is 8.33. The third-order valence-electron chi connectivity index (χ3n) is 4.60. The van der Waals surface area contributed by atoms with Gasteiger partial charge >= 0.3 is 0 Å². The molecule has 0 saturated carbocycles. The standard InChI is InChI=1S/C20H32N.Fe/c1-14(2)16-10-9-11-17(15(3)4)18(16)21-13-19(5,6)12-20(21,7)8;/h9-11,13-15H,12H2,1-8H3;/q-1;. The maximum Gasteiger partial charge on any atom is 0.0145 e. The summed E-state index contributed by atoms with van der Waals surface area (Å²) in [7, 11) is 0. The van der Waals surface area contributed by atoms with Gasteiger partial charge in [-0.15, -0.1) is 5.41 Å². The molecule has 1 aromatic rings. The quantitative estimate of drug-likeness (QED) is 0.473. The molecule has 0 N–H and O–H groups in total. The van der Waals surface area contributed by atoms with Crippen LogP contribution < -0.4 is 4.90 Å². The van der Waals surface area contributed by atoms with Crippen molar-refractivity contribution in [3.63, 3.8) is 0 Å². The van der Waals surface area contributed by atoms with Crippen LogP contribution in [-0.2, 0) is 17.1 Å². The summed E-state index contributed by atoms with van der Waals surface area (Å²) in [6.45, 7) is 21.1. The van der Waals surface area contributed by atoms with E-state index >= 15 is 0 Å². The van der Waals surface area contributed by atoms with Crippen LogP contribution in [0.25, 0.3) is 0 Å². The predicted octanol–water partition coefficient (Wildman–Crippen LogP) is 6.11. The van der Waals surface area contributed by atoms with Crippen LogP contribution in [-0.4, -0.2) is 5.54 Å². The van der Waals surface area contributed by atoms with Crippen molar-refractivity contribution in [3.05, 3.63) is 35.9 Å². The van der Waals surface area contributed by atoms with Gasteiger partial charge in [0.25, 0.3) is 0 Å². The number of rotatable bonds is 3. The molecule has 0 aliphatic carbocycles. The molecule has 0 unspecified atom stereocenters. The average molecular weight is 342 g/mol. The summed E-state index contributed by atoms with van der Waals surface area (Å²) in [5, 5.41) is 0. The van der Waals surface area contributed by atoms with E-state index in [2.05, 4.69) is 85.0 Å². The second-order valence-corrected chi connectivity index (χ2v) is 8.57. The van der Waals surface area contributed by atoms with Crippen molar-refractivity contribution >= 4 is 5.69 Å². The SMILES string of the molecule is CC(C)c1cccc(C(C)C)c1N1[CH-]C(C)(C)CC1(C)C.[Fe]. The smallest absolute Gasteiger partial charge is 0.0145 e. The van der Waals surface area contributed by atoms with Crippen molar-refractivity contribution in [1.82, 2.24) is 0 Å². The molecule has 0 spiro atoms. The molecule has 0 atom stereocenters. The maximum absolute atomic E-state index is 2.57. The molecule has 1 nitrogen and oxygen atoms in total. The van der Waals surface area contributed by atoms with E-state index in [1.807, 2.05) is 0 Å². The first-order chi connectivity index (χ1) is 9.55. The van der Waals surface area contributed by atoms with E-state index in [0.717, 1.165) is 0 Å². The molecule has 1 aliphatic heterocycles. The Kier molecular flexibility index (Phi) is 5.85. The minimum absolute atomic E-state index is 0. The first kappa shape index (κ1) is 19.6. The zero-order valence-electron chi connectivity index (χ0n) is 15.5. The van der Waals surface area contributed by atoms with Gasteiger partial charge in [-0.3, -0.25) is 0 Å². The second-order valence-electron chi connectivity index (χ2n) is 8.57. The molecule has 1 aliphatic rings. The molecule has 2 rings (SSSR count). The van der Waals surface area contributed by atoms with Crippen LogP contribution in [0.1, 0.15) is 84.8 Å². The van der Waals surface area contributed by atoms with E-state index in [0.29, 0.717) is 11.8 Å². The van der Waals surface area contributed by atoms with E-state index in [4.69, 9.17) is 0 Å². The van der Waals surface area contributed by atoms with Crippen LogP contribution in [0.3, 0.4) is 0 Å². The van der Waals surface area contributed by atoms with Gasteiger partial charge in [-0.2, -0.15) is 0 Å². The number of hydrogen-bond acceptors (Lipinski definition) is 1. The number of nitrogens with zero attached hydrogens (tertiary/aromatic N) is 1. The molecule has 126 valence electrons. The van der Waals surface area contributed by atoms with E-state index in [9.17, 15) is 0 Å². The second kappa shape index (κ2) is 6.57.